The minimum absolute atomic E-state index is 0.237. The molecule has 5 aromatic rings. The molecule has 5 rings (SSSR count). The Morgan fingerprint density at radius 1 is 1.14 bits per heavy atom. The van der Waals surface area contributed by atoms with Gasteiger partial charge in [0.1, 0.15) is 11.4 Å². The van der Waals surface area contributed by atoms with Crippen molar-refractivity contribution in [1.29, 1.82) is 0 Å². The number of rotatable bonds is 7. The first-order valence-electron chi connectivity index (χ1n) is 11.7. The van der Waals surface area contributed by atoms with Crippen LogP contribution in [0, 0.1) is 6.92 Å². The zero-order valence-corrected chi connectivity index (χ0v) is 22.4. The van der Waals surface area contributed by atoms with Gasteiger partial charge in [-0.25, -0.2) is 0 Å². The van der Waals surface area contributed by atoms with Crippen LogP contribution >= 0.6 is 22.6 Å². The van der Waals surface area contributed by atoms with E-state index in [4.69, 9.17) is 4.74 Å². The molecule has 8 heteroatoms. The van der Waals surface area contributed by atoms with Crippen LogP contribution in [-0.2, 0) is 0 Å². The summed E-state index contributed by atoms with van der Waals surface area (Å²) < 4.78 is 8.95. The molecule has 35 heavy (non-hydrogen) atoms. The quantitative estimate of drug-likeness (QED) is 0.181. The lowest BCUT2D eigenvalue weighted by Crippen LogP contribution is -2.71. The SMILES string of the molecule is C=C(I)c1c2c(C)nnc([NH2+]c3ccc4[nH]ncc4c3)c2c(C(C)C)n1-c1ccc(OCC)cc1. The zero-order valence-electron chi connectivity index (χ0n) is 20.3. The number of quaternary nitrogens is 1. The summed E-state index contributed by atoms with van der Waals surface area (Å²) >= 11 is 2.32. The molecule has 0 saturated heterocycles. The van der Waals surface area contributed by atoms with Gasteiger partial charge >= 0.3 is 0 Å². The van der Waals surface area contributed by atoms with Crippen LogP contribution in [0.15, 0.2) is 55.2 Å². The van der Waals surface area contributed by atoms with E-state index >= 15 is 0 Å². The van der Waals surface area contributed by atoms with Crippen molar-refractivity contribution >= 4 is 59.4 Å². The second kappa shape index (κ2) is 9.43. The summed E-state index contributed by atoms with van der Waals surface area (Å²) in [5.74, 6) is 1.94. The molecule has 0 aliphatic heterocycles. The third kappa shape index (κ3) is 4.21. The molecule has 0 aliphatic carbocycles. The molecule has 3 aromatic heterocycles. The van der Waals surface area contributed by atoms with Crippen molar-refractivity contribution in [3.05, 3.63) is 72.3 Å². The monoisotopic (exact) mass is 579 g/mol. The van der Waals surface area contributed by atoms with Gasteiger partial charge in [-0.2, -0.15) is 5.10 Å². The van der Waals surface area contributed by atoms with Gasteiger partial charge in [0.15, 0.2) is 0 Å². The number of hydrogen-bond acceptors (Lipinski definition) is 4. The Hall–Kier alpha value is -3.24. The molecule has 2 aromatic carbocycles. The summed E-state index contributed by atoms with van der Waals surface area (Å²) in [6.07, 6.45) is 1.84. The van der Waals surface area contributed by atoms with E-state index < -0.39 is 0 Å². The summed E-state index contributed by atoms with van der Waals surface area (Å²) in [4.78, 5) is 0. The van der Waals surface area contributed by atoms with Gasteiger partial charge < -0.3 is 9.30 Å². The maximum atomic E-state index is 5.68. The van der Waals surface area contributed by atoms with Gasteiger partial charge in [0.2, 0.25) is 0 Å². The fraction of sp³-hybridized carbons (Fsp3) is 0.222. The van der Waals surface area contributed by atoms with E-state index in [-0.39, 0.29) is 5.92 Å². The summed E-state index contributed by atoms with van der Waals surface area (Å²) in [6, 6.07) is 14.5. The third-order valence-corrected chi connectivity index (χ3v) is 6.62. The van der Waals surface area contributed by atoms with Crippen molar-refractivity contribution in [2.45, 2.75) is 33.6 Å². The number of aromatic nitrogens is 5. The van der Waals surface area contributed by atoms with Crippen LogP contribution in [0.1, 0.15) is 43.8 Å². The highest BCUT2D eigenvalue weighted by atomic mass is 127. The predicted octanol–water partition coefficient (Wildman–Crippen LogP) is 6.06. The molecule has 3 N–H and O–H groups in total. The van der Waals surface area contributed by atoms with Gasteiger partial charge in [-0.15, -0.1) is 5.10 Å². The molecule has 3 heterocycles. The van der Waals surface area contributed by atoms with Gasteiger partial charge in [0.25, 0.3) is 5.82 Å². The molecule has 0 atom stereocenters. The summed E-state index contributed by atoms with van der Waals surface area (Å²) in [5.41, 5.74) is 6.26. The molecule has 0 fully saturated rings. The van der Waals surface area contributed by atoms with Crippen LogP contribution in [0.5, 0.6) is 5.75 Å². The van der Waals surface area contributed by atoms with Gasteiger partial charge in [-0.3, -0.25) is 10.4 Å². The number of nitrogens with one attached hydrogen (secondary N) is 1. The van der Waals surface area contributed by atoms with Crippen molar-refractivity contribution < 1.29 is 10.1 Å². The van der Waals surface area contributed by atoms with E-state index in [2.05, 4.69) is 97.6 Å². The fourth-order valence-electron chi connectivity index (χ4n) is 4.67. The molecule has 178 valence electrons. The van der Waals surface area contributed by atoms with Crippen LogP contribution < -0.4 is 10.1 Å². The summed E-state index contributed by atoms with van der Waals surface area (Å²) in [6.45, 7) is 13.4. The molecular formula is C27H28IN6O+. The van der Waals surface area contributed by atoms with Crippen molar-refractivity contribution in [2.75, 3.05) is 6.61 Å². The average Bonchev–Trinajstić information content (AvgIpc) is 3.44. The number of fused-ring (bicyclic) bond motifs is 2. The normalized spacial score (nSPS) is 11.6. The lowest BCUT2D eigenvalue weighted by molar-refractivity contribution is -0.481. The van der Waals surface area contributed by atoms with Gasteiger partial charge in [0.05, 0.1) is 35.1 Å². The van der Waals surface area contributed by atoms with Crippen LogP contribution in [0.3, 0.4) is 0 Å². The standard InChI is InChI=1S/C27H27IN6O/c1-6-35-21-10-8-20(9-11-21)34-25(15(2)3)24-23(26(34)16(4)28)17(5)31-33-27(24)30-19-7-12-22-18(13-19)14-29-32-22/h7-15H,4,6H2,1-3,5H3,(H,29,32)(H,30,33)/p+1. The van der Waals surface area contributed by atoms with E-state index in [9.17, 15) is 0 Å². The maximum absolute atomic E-state index is 5.68. The first-order valence-corrected chi connectivity index (χ1v) is 12.7. The van der Waals surface area contributed by atoms with Gasteiger partial charge in [0, 0.05) is 37.9 Å². The molecular weight excluding hydrogens is 551 g/mol. The van der Waals surface area contributed by atoms with E-state index in [0.29, 0.717) is 6.61 Å². The van der Waals surface area contributed by atoms with E-state index in [1.165, 1.54) is 5.69 Å². The fourth-order valence-corrected chi connectivity index (χ4v) is 5.18. The highest BCUT2D eigenvalue weighted by Crippen LogP contribution is 2.41. The number of hydrogen-bond donors (Lipinski definition) is 2. The molecule has 0 aliphatic rings. The molecule has 0 spiro atoms. The number of nitrogens with two attached hydrogens (primary N) is 1. The Balaban J connectivity index is 1.76. The van der Waals surface area contributed by atoms with Crippen LogP contribution in [-0.4, -0.2) is 31.6 Å². The third-order valence-electron chi connectivity index (χ3n) is 6.11. The van der Waals surface area contributed by atoms with Crippen molar-refractivity contribution in [3.8, 4) is 11.4 Å². The minimum Gasteiger partial charge on any atom is -0.494 e. The van der Waals surface area contributed by atoms with Crippen LogP contribution in [0.25, 0.3) is 30.9 Å². The number of ether oxygens (including phenoxy) is 1. The van der Waals surface area contributed by atoms with Crippen molar-refractivity contribution in [2.24, 2.45) is 0 Å². The number of aryl methyl sites for hydroxylation is 1. The largest absolute Gasteiger partial charge is 0.494 e. The Bertz CT molecular complexity index is 1550. The Labute approximate surface area is 217 Å². The summed E-state index contributed by atoms with van der Waals surface area (Å²) in [7, 11) is 0. The predicted molar refractivity (Wildman–Crippen MR) is 149 cm³/mol. The van der Waals surface area contributed by atoms with E-state index in [1.807, 2.05) is 38.2 Å². The van der Waals surface area contributed by atoms with Gasteiger partial charge in [-0.05, 0) is 72.7 Å². The highest BCUT2D eigenvalue weighted by Gasteiger charge is 2.28. The topological polar surface area (TPSA) is 85.2 Å². The molecule has 0 saturated carbocycles. The summed E-state index contributed by atoms with van der Waals surface area (Å²) in [5, 5.41) is 21.8. The highest BCUT2D eigenvalue weighted by molar-refractivity contribution is 14.1. The molecule has 0 radical (unpaired) electrons. The second-order valence-electron chi connectivity index (χ2n) is 8.84. The first-order chi connectivity index (χ1) is 16.9. The number of benzene rings is 2. The lowest BCUT2D eigenvalue weighted by Gasteiger charge is -2.16. The van der Waals surface area contributed by atoms with E-state index in [1.54, 1.807) is 0 Å². The van der Waals surface area contributed by atoms with Crippen molar-refractivity contribution in [1.82, 2.24) is 25.0 Å². The number of aromatic amines is 1. The Morgan fingerprint density at radius 3 is 2.60 bits per heavy atom. The van der Waals surface area contributed by atoms with E-state index in [0.717, 1.165) is 59.6 Å². The first kappa shape index (κ1) is 23.5. The average molecular weight is 579 g/mol. The molecule has 7 nitrogen and oxygen atoms in total. The maximum Gasteiger partial charge on any atom is 0.258 e. The lowest BCUT2D eigenvalue weighted by atomic mass is 10.0. The number of nitrogens with zero attached hydrogens (tertiary/aromatic N) is 4. The molecule has 0 unspecified atom stereocenters. The number of halogens is 1. The zero-order chi connectivity index (χ0) is 24.7. The van der Waals surface area contributed by atoms with Crippen molar-refractivity contribution in [3.63, 3.8) is 0 Å². The van der Waals surface area contributed by atoms with Gasteiger partial charge in [-0.1, -0.05) is 25.5 Å². The molecule has 0 bridgehead atoms. The molecule has 0 amide bonds. The second-order valence-corrected chi connectivity index (χ2v) is 10.1. The Kier molecular flexibility index (Phi) is 6.33. The Morgan fingerprint density at radius 2 is 1.91 bits per heavy atom. The van der Waals surface area contributed by atoms with Crippen LogP contribution in [0.2, 0.25) is 0 Å². The smallest absolute Gasteiger partial charge is 0.258 e. The number of H-pyrrole nitrogens is 1. The van der Waals surface area contributed by atoms with Crippen LogP contribution in [0.4, 0.5) is 11.5 Å². The minimum atomic E-state index is 0.237.